The Kier molecular flexibility index (Phi) is 8.36. The summed E-state index contributed by atoms with van der Waals surface area (Å²) in [5.41, 5.74) is 3.41. The van der Waals surface area contributed by atoms with Crippen molar-refractivity contribution in [1.82, 2.24) is 0 Å². The molecule has 0 aliphatic carbocycles. The van der Waals surface area contributed by atoms with E-state index in [-0.39, 0.29) is 0 Å². The summed E-state index contributed by atoms with van der Waals surface area (Å²) in [6, 6.07) is 32.8. The third-order valence-corrected chi connectivity index (χ3v) is 14.4. The van der Waals surface area contributed by atoms with Crippen LogP contribution in [0.4, 0.5) is 17.1 Å². The molecule has 1 fully saturated rings. The average Bonchev–Trinajstić information content (AvgIpc) is 2.92. The molecule has 1 aliphatic rings. The second-order valence-electron chi connectivity index (χ2n) is 8.65. The molecule has 0 aromatic heterocycles. The summed E-state index contributed by atoms with van der Waals surface area (Å²) in [7, 11) is 0.249. The Morgan fingerprint density at radius 2 is 1.26 bits per heavy atom. The van der Waals surface area contributed by atoms with Crippen molar-refractivity contribution in [2.75, 3.05) is 32.8 Å². The van der Waals surface area contributed by atoms with Crippen LogP contribution in [0.15, 0.2) is 84.9 Å². The molecule has 0 radical (unpaired) electrons. The molecule has 0 N–H and O–H groups in total. The number of hydrogen-bond donors (Lipinski definition) is 0. The maximum Gasteiger partial charge on any atom is 0.499 e. The van der Waals surface area contributed by atoms with Gasteiger partial charge in [-0.1, -0.05) is 55.0 Å². The van der Waals surface area contributed by atoms with E-state index < -0.39 is 17.1 Å². The zero-order chi connectivity index (χ0) is 23.9. The lowest BCUT2D eigenvalue weighted by atomic mass is 10.2. The fourth-order valence-corrected chi connectivity index (χ4v) is 12.2. The summed E-state index contributed by atoms with van der Waals surface area (Å²) in [4.78, 5) is 2.29. The Balaban J connectivity index is 1.65. The van der Waals surface area contributed by atoms with Crippen LogP contribution in [0.25, 0.3) is 0 Å². The molecule has 34 heavy (non-hydrogen) atoms. The van der Waals surface area contributed by atoms with Gasteiger partial charge in [0.15, 0.2) is 0 Å². The highest BCUT2D eigenvalue weighted by Gasteiger charge is 2.45. The Bertz CT molecular complexity index is 960. The van der Waals surface area contributed by atoms with Gasteiger partial charge in [-0.3, -0.25) is 0 Å². The molecule has 7 heteroatoms. The van der Waals surface area contributed by atoms with Crippen molar-refractivity contribution >= 4 is 39.4 Å². The van der Waals surface area contributed by atoms with Gasteiger partial charge in [0.25, 0.3) is 0 Å². The third-order valence-electron chi connectivity index (χ3n) is 6.80. The van der Waals surface area contributed by atoms with E-state index in [2.05, 4.69) is 89.8 Å². The van der Waals surface area contributed by atoms with Gasteiger partial charge in [0.2, 0.25) is 8.32 Å². The lowest BCUT2D eigenvalue weighted by molar-refractivity contribution is 0.124. The molecule has 0 spiro atoms. The molecule has 0 bridgehead atoms. The van der Waals surface area contributed by atoms with E-state index in [1.165, 1.54) is 11.6 Å². The average molecular weight is 494 g/mol. The molecule has 5 nitrogen and oxygen atoms in total. The second-order valence-corrected chi connectivity index (χ2v) is 15.6. The summed E-state index contributed by atoms with van der Waals surface area (Å²) < 4.78 is 23.8. The van der Waals surface area contributed by atoms with E-state index in [1.54, 1.807) is 21.3 Å². The first-order valence-corrected chi connectivity index (χ1v) is 16.2. The minimum absolute atomic E-state index is 0.768. The van der Waals surface area contributed by atoms with E-state index in [1.807, 2.05) is 0 Å². The highest BCUT2D eigenvalue weighted by Crippen LogP contribution is 2.35. The quantitative estimate of drug-likeness (QED) is 0.324. The van der Waals surface area contributed by atoms with Crippen molar-refractivity contribution in [3.63, 3.8) is 0 Å². The van der Waals surface area contributed by atoms with Crippen LogP contribution < -0.4 is 10.1 Å². The summed E-state index contributed by atoms with van der Waals surface area (Å²) in [5, 5.41) is 1.34. The summed E-state index contributed by atoms with van der Waals surface area (Å²) in [6.07, 6.45) is 2.33. The number of nitrogens with zero attached hydrogens (tertiary/aromatic N) is 1. The van der Waals surface area contributed by atoms with Gasteiger partial charge in [0.05, 0.1) is 0 Å². The lowest BCUT2D eigenvalue weighted by Crippen LogP contribution is -2.55. The standard InChI is InChI=1S/C27H35NO4Si2/c1-29-34(30-2,31-3)23-22-33(21-11-10-20-32-33)27-18-16-26(17-19-27)28(24-12-6-4-7-13-24)25-14-8-5-9-15-25/h4-9,12-19H,10-11,20-23H2,1-3H3. The molecule has 1 atom stereocenters. The normalized spacial score (nSPS) is 18.6. The number of benzene rings is 3. The van der Waals surface area contributed by atoms with Crippen LogP contribution >= 0.6 is 0 Å². The van der Waals surface area contributed by atoms with Gasteiger partial charge < -0.3 is 22.6 Å². The molecule has 1 unspecified atom stereocenters. The van der Waals surface area contributed by atoms with Crippen LogP contribution in [-0.4, -0.2) is 45.1 Å². The van der Waals surface area contributed by atoms with Crippen molar-refractivity contribution < 1.29 is 17.7 Å². The molecule has 1 saturated heterocycles. The summed E-state index contributed by atoms with van der Waals surface area (Å²) in [5.74, 6) is 0. The minimum Gasteiger partial charge on any atom is -0.412 e. The maximum absolute atomic E-state index is 6.63. The summed E-state index contributed by atoms with van der Waals surface area (Å²) >= 11 is 0. The zero-order valence-corrected chi connectivity index (χ0v) is 22.4. The number of rotatable bonds is 10. The highest BCUT2D eigenvalue weighted by atomic mass is 28.4. The van der Waals surface area contributed by atoms with E-state index in [4.69, 9.17) is 17.7 Å². The van der Waals surface area contributed by atoms with Crippen LogP contribution in [-0.2, 0) is 17.7 Å². The Labute approximate surface area is 205 Å². The van der Waals surface area contributed by atoms with Gasteiger partial charge in [0, 0.05) is 51.0 Å². The molecule has 0 saturated carbocycles. The first kappa shape index (κ1) is 24.8. The molecular weight excluding hydrogens is 458 g/mol. The van der Waals surface area contributed by atoms with Gasteiger partial charge >= 0.3 is 8.80 Å². The smallest absolute Gasteiger partial charge is 0.412 e. The fraction of sp³-hybridized carbons (Fsp3) is 0.333. The first-order chi connectivity index (χ1) is 16.7. The van der Waals surface area contributed by atoms with Crippen LogP contribution in [0.3, 0.4) is 0 Å². The largest absolute Gasteiger partial charge is 0.499 e. The predicted molar refractivity (Wildman–Crippen MR) is 143 cm³/mol. The molecule has 4 rings (SSSR count). The fourth-order valence-electron chi connectivity index (χ4n) is 4.85. The second kappa shape index (κ2) is 11.4. The summed E-state index contributed by atoms with van der Waals surface area (Å²) in [6.45, 7) is 0.829. The minimum atomic E-state index is -2.65. The van der Waals surface area contributed by atoms with Crippen molar-refractivity contribution in [3.8, 4) is 0 Å². The third kappa shape index (κ3) is 5.35. The molecule has 1 heterocycles. The van der Waals surface area contributed by atoms with Crippen molar-refractivity contribution in [1.29, 1.82) is 0 Å². The van der Waals surface area contributed by atoms with Crippen LogP contribution in [0, 0.1) is 0 Å². The van der Waals surface area contributed by atoms with Gasteiger partial charge in [-0.05, 0) is 60.1 Å². The number of para-hydroxylation sites is 2. The van der Waals surface area contributed by atoms with Gasteiger partial charge in [0.1, 0.15) is 0 Å². The molecule has 3 aromatic carbocycles. The topological polar surface area (TPSA) is 40.2 Å². The van der Waals surface area contributed by atoms with Crippen molar-refractivity contribution in [2.45, 2.75) is 31.0 Å². The molecule has 1 aliphatic heterocycles. The molecule has 0 amide bonds. The molecule has 180 valence electrons. The maximum atomic E-state index is 6.63. The van der Waals surface area contributed by atoms with Crippen LogP contribution in [0.5, 0.6) is 0 Å². The van der Waals surface area contributed by atoms with Gasteiger partial charge in [-0.25, -0.2) is 0 Å². The van der Waals surface area contributed by atoms with Gasteiger partial charge in [-0.15, -0.1) is 0 Å². The first-order valence-electron chi connectivity index (χ1n) is 12.0. The SMILES string of the molecule is CO[Si](CC[Si]1(c2ccc(N(c3ccccc3)c3ccccc3)cc2)CCCCO1)(OC)OC. The van der Waals surface area contributed by atoms with Gasteiger partial charge in [-0.2, -0.15) is 0 Å². The van der Waals surface area contributed by atoms with E-state index in [9.17, 15) is 0 Å². The Morgan fingerprint density at radius 3 is 1.74 bits per heavy atom. The van der Waals surface area contributed by atoms with Crippen molar-refractivity contribution in [3.05, 3.63) is 84.9 Å². The monoisotopic (exact) mass is 493 g/mol. The number of anilines is 3. The van der Waals surface area contributed by atoms with E-state index >= 15 is 0 Å². The molecular formula is C27H35NO4Si2. The van der Waals surface area contributed by atoms with Crippen LogP contribution in [0.2, 0.25) is 18.1 Å². The Morgan fingerprint density at radius 1 is 0.735 bits per heavy atom. The zero-order valence-electron chi connectivity index (χ0n) is 20.4. The van der Waals surface area contributed by atoms with Crippen molar-refractivity contribution in [2.24, 2.45) is 0 Å². The molecule has 3 aromatic rings. The van der Waals surface area contributed by atoms with E-state index in [0.29, 0.717) is 0 Å². The lowest BCUT2D eigenvalue weighted by Gasteiger charge is -2.37. The Hall–Kier alpha value is -2.27. The van der Waals surface area contributed by atoms with E-state index in [0.717, 1.165) is 48.2 Å². The number of hydrogen-bond acceptors (Lipinski definition) is 5. The van der Waals surface area contributed by atoms with Crippen LogP contribution in [0.1, 0.15) is 12.8 Å². The predicted octanol–water partition coefficient (Wildman–Crippen LogP) is 6.00. The highest BCUT2D eigenvalue weighted by molar-refractivity contribution is 6.87.